The van der Waals surface area contributed by atoms with Crippen LogP contribution in [0.15, 0.2) is 15.9 Å². The van der Waals surface area contributed by atoms with Crippen molar-refractivity contribution in [3.63, 3.8) is 0 Å². The first kappa shape index (κ1) is 12.6. The van der Waals surface area contributed by atoms with Crippen molar-refractivity contribution in [1.29, 1.82) is 0 Å². The zero-order valence-electron chi connectivity index (χ0n) is 9.87. The fourth-order valence-electron chi connectivity index (χ4n) is 2.26. The quantitative estimate of drug-likeness (QED) is 0.923. The standard InChI is InChI=1S/C12H19BrN2S/c1-9(2)12-6-14-3-4-15(12)7-11-5-10(13)8-16-11/h5,8-9,12,14H,3-4,6-7H2,1-2H3. The molecule has 0 spiro atoms. The van der Waals surface area contributed by atoms with Crippen molar-refractivity contribution in [1.82, 2.24) is 10.2 Å². The second-order valence-corrected chi connectivity index (χ2v) is 6.63. The van der Waals surface area contributed by atoms with Gasteiger partial charge in [0.1, 0.15) is 0 Å². The summed E-state index contributed by atoms with van der Waals surface area (Å²) in [6.07, 6.45) is 0. The van der Waals surface area contributed by atoms with E-state index in [0.29, 0.717) is 6.04 Å². The molecule has 2 heterocycles. The predicted molar refractivity (Wildman–Crippen MR) is 73.9 cm³/mol. The molecule has 1 N–H and O–H groups in total. The molecule has 2 rings (SSSR count). The first-order valence-corrected chi connectivity index (χ1v) is 7.52. The van der Waals surface area contributed by atoms with Gasteiger partial charge in [0.2, 0.25) is 0 Å². The Morgan fingerprint density at radius 3 is 3.06 bits per heavy atom. The van der Waals surface area contributed by atoms with E-state index in [1.165, 1.54) is 15.9 Å². The molecule has 4 heteroatoms. The van der Waals surface area contributed by atoms with Gasteiger partial charge in [0, 0.05) is 47.0 Å². The third-order valence-corrected chi connectivity index (χ3v) is 4.83. The Hall–Kier alpha value is 0.1000. The third-order valence-electron chi connectivity index (χ3n) is 3.15. The highest BCUT2D eigenvalue weighted by atomic mass is 79.9. The maximum Gasteiger partial charge on any atom is 0.0332 e. The zero-order valence-corrected chi connectivity index (χ0v) is 12.3. The minimum Gasteiger partial charge on any atom is -0.314 e. The SMILES string of the molecule is CC(C)C1CNCCN1Cc1cc(Br)cs1. The van der Waals surface area contributed by atoms with Gasteiger partial charge in [-0.15, -0.1) is 11.3 Å². The lowest BCUT2D eigenvalue weighted by Crippen LogP contribution is -2.52. The average Bonchev–Trinajstić information content (AvgIpc) is 2.64. The number of thiophene rings is 1. The molecular formula is C12H19BrN2S. The van der Waals surface area contributed by atoms with Crippen molar-refractivity contribution in [3.8, 4) is 0 Å². The number of piperazine rings is 1. The molecule has 0 saturated carbocycles. The summed E-state index contributed by atoms with van der Waals surface area (Å²) in [5.74, 6) is 0.719. The Labute approximate surface area is 110 Å². The van der Waals surface area contributed by atoms with Crippen LogP contribution in [0.4, 0.5) is 0 Å². The van der Waals surface area contributed by atoms with Crippen LogP contribution in [0.2, 0.25) is 0 Å². The monoisotopic (exact) mass is 302 g/mol. The van der Waals surface area contributed by atoms with Crippen molar-refractivity contribution in [2.75, 3.05) is 19.6 Å². The molecule has 0 radical (unpaired) electrons. The largest absolute Gasteiger partial charge is 0.314 e. The number of hydrogen-bond acceptors (Lipinski definition) is 3. The van der Waals surface area contributed by atoms with E-state index in [1.807, 2.05) is 11.3 Å². The molecule has 1 aromatic rings. The Morgan fingerprint density at radius 1 is 1.62 bits per heavy atom. The molecule has 1 aromatic heterocycles. The van der Waals surface area contributed by atoms with Crippen LogP contribution in [0.5, 0.6) is 0 Å². The number of hydrogen-bond donors (Lipinski definition) is 1. The smallest absolute Gasteiger partial charge is 0.0332 e. The molecule has 0 aliphatic carbocycles. The van der Waals surface area contributed by atoms with Crippen LogP contribution >= 0.6 is 27.3 Å². The maximum atomic E-state index is 3.52. The first-order chi connectivity index (χ1) is 7.66. The summed E-state index contributed by atoms with van der Waals surface area (Å²) in [6.45, 7) is 9.14. The lowest BCUT2D eigenvalue weighted by Gasteiger charge is -2.38. The van der Waals surface area contributed by atoms with Crippen LogP contribution in [0.1, 0.15) is 18.7 Å². The van der Waals surface area contributed by atoms with Gasteiger partial charge < -0.3 is 5.32 Å². The highest BCUT2D eigenvalue weighted by Gasteiger charge is 2.24. The summed E-state index contributed by atoms with van der Waals surface area (Å²) in [4.78, 5) is 4.07. The predicted octanol–water partition coefficient (Wildman–Crippen LogP) is 2.94. The van der Waals surface area contributed by atoms with Crippen LogP contribution in [0.25, 0.3) is 0 Å². The second kappa shape index (κ2) is 5.63. The van der Waals surface area contributed by atoms with Crippen molar-refractivity contribution < 1.29 is 0 Å². The molecular weight excluding hydrogens is 284 g/mol. The molecule has 0 amide bonds. The van der Waals surface area contributed by atoms with E-state index in [1.54, 1.807) is 0 Å². The van der Waals surface area contributed by atoms with Crippen molar-refractivity contribution in [2.24, 2.45) is 5.92 Å². The summed E-state index contributed by atoms with van der Waals surface area (Å²) in [7, 11) is 0. The number of nitrogens with one attached hydrogen (secondary N) is 1. The topological polar surface area (TPSA) is 15.3 Å². The van der Waals surface area contributed by atoms with Gasteiger partial charge in [-0.2, -0.15) is 0 Å². The first-order valence-electron chi connectivity index (χ1n) is 5.84. The molecule has 90 valence electrons. The zero-order chi connectivity index (χ0) is 11.5. The van der Waals surface area contributed by atoms with Crippen molar-refractivity contribution in [2.45, 2.75) is 26.4 Å². The normalized spacial score (nSPS) is 22.9. The van der Waals surface area contributed by atoms with Gasteiger partial charge >= 0.3 is 0 Å². The Kier molecular flexibility index (Phi) is 4.41. The van der Waals surface area contributed by atoms with E-state index in [0.717, 1.165) is 25.6 Å². The molecule has 1 aliphatic rings. The van der Waals surface area contributed by atoms with E-state index in [2.05, 4.69) is 51.4 Å². The fraction of sp³-hybridized carbons (Fsp3) is 0.667. The lowest BCUT2D eigenvalue weighted by atomic mass is 10.0. The summed E-state index contributed by atoms with van der Waals surface area (Å²) < 4.78 is 1.21. The summed E-state index contributed by atoms with van der Waals surface area (Å²) in [5.41, 5.74) is 0. The van der Waals surface area contributed by atoms with Crippen LogP contribution < -0.4 is 5.32 Å². The number of nitrogens with zero attached hydrogens (tertiary/aromatic N) is 1. The van der Waals surface area contributed by atoms with Crippen molar-refractivity contribution in [3.05, 3.63) is 20.8 Å². The van der Waals surface area contributed by atoms with E-state index in [-0.39, 0.29) is 0 Å². The van der Waals surface area contributed by atoms with Gasteiger partial charge in [0.05, 0.1) is 0 Å². The molecule has 2 nitrogen and oxygen atoms in total. The Morgan fingerprint density at radius 2 is 2.44 bits per heavy atom. The van der Waals surface area contributed by atoms with Gasteiger partial charge in [-0.1, -0.05) is 13.8 Å². The molecule has 0 aromatic carbocycles. The molecule has 16 heavy (non-hydrogen) atoms. The van der Waals surface area contributed by atoms with E-state index in [4.69, 9.17) is 0 Å². The fourth-order valence-corrected chi connectivity index (χ4v) is 3.73. The minimum atomic E-state index is 0.676. The Balaban J connectivity index is 2.01. The molecule has 1 atom stereocenters. The van der Waals surface area contributed by atoms with E-state index in [9.17, 15) is 0 Å². The van der Waals surface area contributed by atoms with E-state index >= 15 is 0 Å². The minimum absolute atomic E-state index is 0.676. The summed E-state index contributed by atoms with van der Waals surface area (Å²) in [6, 6.07) is 2.92. The highest BCUT2D eigenvalue weighted by Crippen LogP contribution is 2.23. The van der Waals surface area contributed by atoms with Gasteiger partial charge in [-0.25, -0.2) is 0 Å². The molecule has 1 fully saturated rings. The van der Waals surface area contributed by atoms with E-state index < -0.39 is 0 Å². The number of rotatable bonds is 3. The van der Waals surface area contributed by atoms with Crippen LogP contribution in [0, 0.1) is 5.92 Å². The van der Waals surface area contributed by atoms with Gasteiger partial charge in [0.25, 0.3) is 0 Å². The maximum absolute atomic E-state index is 3.52. The van der Waals surface area contributed by atoms with Crippen LogP contribution in [0.3, 0.4) is 0 Å². The Bertz CT molecular complexity index is 338. The lowest BCUT2D eigenvalue weighted by molar-refractivity contribution is 0.118. The van der Waals surface area contributed by atoms with Crippen molar-refractivity contribution >= 4 is 27.3 Å². The van der Waals surface area contributed by atoms with Crippen LogP contribution in [-0.4, -0.2) is 30.6 Å². The molecule has 1 saturated heterocycles. The molecule has 1 unspecified atom stereocenters. The average molecular weight is 303 g/mol. The van der Waals surface area contributed by atoms with Crippen LogP contribution in [-0.2, 0) is 6.54 Å². The highest BCUT2D eigenvalue weighted by molar-refractivity contribution is 9.10. The summed E-state index contributed by atoms with van der Waals surface area (Å²) in [5, 5.41) is 5.66. The summed E-state index contributed by atoms with van der Waals surface area (Å²) >= 11 is 5.37. The van der Waals surface area contributed by atoms with Gasteiger partial charge in [0.15, 0.2) is 0 Å². The third kappa shape index (κ3) is 3.06. The van der Waals surface area contributed by atoms with Gasteiger partial charge in [-0.3, -0.25) is 4.90 Å². The second-order valence-electron chi connectivity index (χ2n) is 4.72. The number of halogens is 1. The van der Waals surface area contributed by atoms with Gasteiger partial charge in [-0.05, 0) is 27.9 Å². The molecule has 1 aliphatic heterocycles. The molecule has 0 bridgehead atoms.